The second-order valence-corrected chi connectivity index (χ2v) is 7.80. The molecule has 10 heteroatoms. The fourth-order valence-electron chi connectivity index (χ4n) is 1.66. The quantitative estimate of drug-likeness (QED) is 0.576. The van der Waals surface area contributed by atoms with E-state index in [1.54, 1.807) is 12.1 Å². The first-order valence-electron chi connectivity index (χ1n) is 6.32. The summed E-state index contributed by atoms with van der Waals surface area (Å²) in [4.78, 5) is 4.22. The van der Waals surface area contributed by atoms with Crippen molar-refractivity contribution in [3.05, 3.63) is 23.4 Å². The SMILES string of the molecule is COc1ccc(CCOS(C)(=O)=O)c(CCOS(C)(=O)=O)n1. The summed E-state index contributed by atoms with van der Waals surface area (Å²) in [6.07, 6.45) is 2.50. The van der Waals surface area contributed by atoms with Gasteiger partial charge in [0.15, 0.2) is 0 Å². The van der Waals surface area contributed by atoms with Crippen LogP contribution in [-0.2, 0) is 41.4 Å². The van der Waals surface area contributed by atoms with E-state index in [4.69, 9.17) is 4.74 Å². The van der Waals surface area contributed by atoms with Gasteiger partial charge in [0.1, 0.15) is 0 Å². The normalized spacial score (nSPS) is 12.3. The van der Waals surface area contributed by atoms with Crippen LogP contribution >= 0.6 is 0 Å². The molecule has 0 aliphatic carbocycles. The topological polar surface area (TPSA) is 109 Å². The minimum atomic E-state index is -3.52. The Labute approximate surface area is 130 Å². The number of ether oxygens (including phenoxy) is 1. The molecule has 0 saturated heterocycles. The third kappa shape index (κ3) is 7.69. The fourth-order valence-corrected chi connectivity index (χ4v) is 2.43. The van der Waals surface area contributed by atoms with E-state index in [1.807, 2.05) is 0 Å². The van der Waals surface area contributed by atoms with Crippen molar-refractivity contribution >= 4 is 20.2 Å². The molecule has 0 aliphatic heterocycles. The van der Waals surface area contributed by atoms with Gasteiger partial charge in [-0.05, 0) is 12.0 Å². The molecule has 126 valence electrons. The molecule has 0 fully saturated rings. The molecule has 0 aromatic carbocycles. The van der Waals surface area contributed by atoms with Crippen LogP contribution in [0.15, 0.2) is 12.1 Å². The van der Waals surface area contributed by atoms with Crippen LogP contribution in [0.3, 0.4) is 0 Å². The molecule has 1 aromatic heterocycles. The second-order valence-electron chi connectivity index (χ2n) is 4.51. The average molecular weight is 353 g/mol. The summed E-state index contributed by atoms with van der Waals surface area (Å²) in [7, 11) is -5.56. The predicted octanol–water partition coefficient (Wildman–Crippen LogP) is 0.128. The van der Waals surface area contributed by atoms with Gasteiger partial charge in [-0.3, -0.25) is 8.37 Å². The van der Waals surface area contributed by atoms with Crippen LogP contribution in [-0.4, -0.2) is 54.7 Å². The first kappa shape index (κ1) is 18.8. The Kier molecular flexibility index (Phi) is 6.72. The second kappa shape index (κ2) is 7.86. The van der Waals surface area contributed by atoms with Crippen molar-refractivity contribution in [2.24, 2.45) is 0 Å². The van der Waals surface area contributed by atoms with Crippen LogP contribution < -0.4 is 4.74 Å². The van der Waals surface area contributed by atoms with Gasteiger partial charge in [-0.1, -0.05) is 6.07 Å². The van der Waals surface area contributed by atoms with Gasteiger partial charge in [0.05, 0.1) is 38.5 Å². The van der Waals surface area contributed by atoms with Crippen LogP contribution in [0.1, 0.15) is 11.3 Å². The minimum absolute atomic E-state index is 0.0211. The Bertz CT molecular complexity index is 698. The molecular formula is C12H19NO7S2. The molecule has 0 saturated carbocycles. The van der Waals surface area contributed by atoms with E-state index < -0.39 is 20.2 Å². The van der Waals surface area contributed by atoms with Crippen molar-refractivity contribution in [3.8, 4) is 5.88 Å². The van der Waals surface area contributed by atoms with Crippen LogP contribution in [0.5, 0.6) is 5.88 Å². The summed E-state index contributed by atoms with van der Waals surface area (Å²) in [6, 6.07) is 3.37. The van der Waals surface area contributed by atoms with Crippen LogP contribution in [0.2, 0.25) is 0 Å². The molecule has 0 bridgehead atoms. The van der Waals surface area contributed by atoms with Gasteiger partial charge in [0.25, 0.3) is 20.2 Å². The van der Waals surface area contributed by atoms with Crippen LogP contribution in [0, 0.1) is 0 Å². The number of hydrogen-bond donors (Lipinski definition) is 0. The zero-order valence-electron chi connectivity index (χ0n) is 12.6. The lowest BCUT2D eigenvalue weighted by Crippen LogP contribution is -2.11. The molecule has 1 rings (SSSR count). The Morgan fingerprint density at radius 2 is 1.50 bits per heavy atom. The van der Waals surface area contributed by atoms with Crippen molar-refractivity contribution in [1.82, 2.24) is 4.98 Å². The predicted molar refractivity (Wildman–Crippen MR) is 79.8 cm³/mol. The van der Waals surface area contributed by atoms with Gasteiger partial charge < -0.3 is 4.74 Å². The summed E-state index contributed by atoms with van der Waals surface area (Å²) < 4.78 is 58.2. The van der Waals surface area contributed by atoms with Gasteiger partial charge in [-0.25, -0.2) is 4.98 Å². The average Bonchev–Trinajstić information content (AvgIpc) is 2.37. The summed E-state index contributed by atoms with van der Waals surface area (Å²) in [6.45, 7) is -0.0777. The van der Waals surface area contributed by atoms with E-state index >= 15 is 0 Å². The third-order valence-electron chi connectivity index (χ3n) is 2.56. The largest absolute Gasteiger partial charge is 0.481 e. The van der Waals surface area contributed by atoms with Crippen molar-refractivity contribution in [2.75, 3.05) is 32.8 Å². The Balaban J connectivity index is 2.77. The van der Waals surface area contributed by atoms with Gasteiger partial charge >= 0.3 is 0 Å². The standard InChI is InChI=1S/C12H19NO7S2/c1-18-12-5-4-10(6-8-19-21(2,14)15)11(13-12)7-9-20-22(3,16)17/h4-5H,6-9H2,1-3H3. The van der Waals surface area contributed by atoms with E-state index in [0.717, 1.165) is 18.1 Å². The lowest BCUT2D eigenvalue weighted by atomic mass is 10.1. The molecular weight excluding hydrogens is 334 g/mol. The zero-order valence-corrected chi connectivity index (χ0v) is 14.2. The number of nitrogens with zero attached hydrogens (tertiary/aromatic N) is 1. The highest BCUT2D eigenvalue weighted by Crippen LogP contribution is 2.15. The minimum Gasteiger partial charge on any atom is -0.481 e. The van der Waals surface area contributed by atoms with Crippen molar-refractivity contribution in [3.63, 3.8) is 0 Å². The first-order valence-corrected chi connectivity index (χ1v) is 9.95. The number of aromatic nitrogens is 1. The monoisotopic (exact) mass is 353 g/mol. The molecule has 0 unspecified atom stereocenters. The molecule has 1 aromatic rings. The lowest BCUT2D eigenvalue weighted by Gasteiger charge is -2.10. The maximum Gasteiger partial charge on any atom is 0.264 e. The first-order chi connectivity index (χ1) is 10.1. The van der Waals surface area contributed by atoms with Gasteiger partial charge in [0.2, 0.25) is 5.88 Å². The van der Waals surface area contributed by atoms with Crippen molar-refractivity contribution < 1.29 is 29.9 Å². The molecule has 1 heterocycles. The van der Waals surface area contributed by atoms with E-state index in [-0.39, 0.29) is 19.6 Å². The van der Waals surface area contributed by atoms with E-state index in [2.05, 4.69) is 13.4 Å². The number of methoxy groups -OCH3 is 1. The zero-order chi connectivity index (χ0) is 16.8. The van der Waals surface area contributed by atoms with E-state index in [1.165, 1.54) is 7.11 Å². The Morgan fingerprint density at radius 1 is 0.955 bits per heavy atom. The summed E-state index contributed by atoms with van der Waals surface area (Å²) >= 11 is 0. The van der Waals surface area contributed by atoms with Crippen molar-refractivity contribution in [2.45, 2.75) is 12.8 Å². The molecule has 8 nitrogen and oxygen atoms in total. The fraction of sp³-hybridized carbons (Fsp3) is 0.583. The number of hydrogen-bond acceptors (Lipinski definition) is 8. The Hall–Kier alpha value is -1.23. The number of pyridine rings is 1. The van der Waals surface area contributed by atoms with Crippen molar-refractivity contribution in [1.29, 1.82) is 0 Å². The summed E-state index contributed by atoms with van der Waals surface area (Å²) in [5.41, 5.74) is 1.31. The molecule has 0 amide bonds. The van der Waals surface area contributed by atoms with Gasteiger partial charge in [-0.15, -0.1) is 0 Å². The highest BCUT2D eigenvalue weighted by molar-refractivity contribution is 7.86. The molecule has 0 atom stereocenters. The molecule has 0 spiro atoms. The maximum atomic E-state index is 11.0. The lowest BCUT2D eigenvalue weighted by molar-refractivity contribution is 0.317. The highest BCUT2D eigenvalue weighted by atomic mass is 32.2. The summed E-state index contributed by atoms with van der Waals surface area (Å²) in [5, 5.41) is 0. The third-order valence-corrected chi connectivity index (χ3v) is 3.75. The Morgan fingerprint density at radius 3 is 2.00 bits per heavy atom. The van der Waals surface area contributed by atoms with Gasteiger partial charge in [0, 0.05) is 12.5 Å². The highest BCUT2D eigenvalue weighted by Gasteiger charge is 2.10. The summed E-state index contributed by atoms with van der Waals surface area (Å²) in [5.74, 6) is 0.377. The van der Waals surface area contributed by atoms with E-state index in [9.17, 15) is 16.8 Å². The molecule has 0 N–H and O–H groups in total. The molecule has 0 radical (unpaired) electrons. The van der Waals surface area contributed by atoms with Crippen LogP contribution in [0.4, 0.5) is 0 Å². The molecule has 0 aliphatic rings. The number of rotatable bonds is 9. The smallest absolute Gasteiger partial charge is 0.264 e. The molecule has 22 heavy (non-hydrogen) atoms. The van der Waals surface area contributed by atoms with Crippen LogP contribution in [0.25, 0.3) is 0 Å². The maximum absolute atomic E-state index is 11.0. The van der Waals surface area contributed by atoms with Gasteiger partial charge in [-0.2, -0.15) is 16.8 Å². The van der Waals surface area contributed by atoms with E-state index in [0.29, 0.717) is 18.0 Å².